The maximum absolute atomic E-state index is 13.1. The summed E-state index contributed by atoms with van der Waals surface area (Å²) < 4.78 is 13.1. The van der Waals surface area contributed by atoms with Gasteiger partial charge in [0.05, 0.1) is 0 Å². The Labute approximate surface area is 134 Å². The van der Waals surface area contributed by atoms with E-state index in [1.54, 1.807) is 30.5 Å². The molecule has 3 nitrogen and oxygen atoms in total. The Hall–Kier alpha value is -2.67. The van der Waals surface area contributed by atoms with Crippen LogP contribution in [0, 0.1) is 29.5 Å². The van der Waals surface area contributed by atoms with Crippen molar-refractivity contribution in [1.29, 1.82) is 0 Å². The number of hydrogen-bond acceptors (Lipinski definition) is 2. The highest BCUT2D eigenvalue weighted by molar-refractivity contribution is 5.92. The minimum atomic E-state index is -0.306. The number of aromatic nitrogens is 1. The van der Waals surface area contributed by atoms with Crippen molar-refractivity contribution in [2.24, 2.45) is 11.8 Å². The number of benzene rings is 1. The molecule has 1 saturated heterocycles. The highest BCUT2D eigenvalue weighted by atomic mass is 19.1. The minimum Gasteiger partial charge on any atom is -0.337 e. The molecule has 0 spiro atoms. The second kappa shape index (κ2) is 5.51. The second-order valence-corrected chi connectivity index (χ2v) is 6.16. The number of amides is 1. The van der Waals surface area contributed by atoms with Gasteiger partial charge < -0.3 is 4.90 Å². The van der Waals surface area contributed by atoms with Gasteiger partial charge in [-0.1, -0.05) is 17.9 Å². The SMILES string of the molecule is O=C(c1ccc(C#Cc2cccc(F)c2)cn1)N1C[C@H]2C[C@H]2C1. The fourth-order valence-corrected chi connectivity index (χ4v) is 3.03. The quantitative estimate of drug-likeness (QED) is 0.759. The monoisotopic (exact) mass is 306 g/mol. The fraction of sp³-hybridized carbons (Fsp3) is 0.263. The molecule has 2 aromatic rings. The lowest BCUT2D eigenvalue weighted by Gasteiger charge is -2.17. The van der Waals surface area contributed by atoms with Crippen LogP contribution in [-0.4, -0.2) is 28.9 Å². The van der Waals surface area contributed by atoms with Crippen LogP contribution in [0.5, 0.6) is 0 Å². The Morgan fingerprint density at radius 1 is 1.13 bits per heavy atom. The normalized spacial score (nSPS) is 21.3. The topological polar surface area (TPSA) is 33.2 Å². The van der Waals surface area contributed by atoms with Crippen LogP contribution in [0.25, 0.3) is 0 Å². The third-order valence-electron chi connectivity index (χ3n) is 4.42. The molecule has 1 aromatic heterocycles. The van der Waals surface area contributed by atoms with E-state index >= 15 is 0 Å². The van der Waals surface area contributed by atoms with Gasteiger partial charge in [-0.3, -0.25) is 4.79 Å². The first-order chi connectivity index (χ1) is 11.2. The first-order valence-electron chi connectivity index (χ1n) is 7.72. The molecule has 0 bridgehead atoms. The molecule has 1 aliphatic carbocycles. The number of rotatable bonds is 1. The summed E-state index contributed by atoms with van der Waals surface area (Å²) in [6.07, 6.45) is 2.86. The third-order valence-corrected chi connectivity index (χ3v) is 4.42. The average molecular weight is 306 g/mol. The predicted molar refractivity (Wildman–Crippen MR) is 84.1 cm³/mol. The maximum atomic E-state index is 13.1. The summed E-state index contributed by atoms with van der Waals surface area (Å²) in [5, 5.41) is 0. The van der Waals surface area contributed by atoms with E-state index in [0.717, 1.165) is 24.9 Å². The molecule has 1 saturated carbocycles. The Bertz CT molecular complexity index is 809. The number of pyridine rings is 1. The molecule has 0 N–H and O–H groups in total. The van der Waals surface area contributed by atoms with E-state index in [-0.39, 0.29) is 11.7 Å². The number of nitrogens with zero attached hydrogens (tertiary/aromatic N) is 2. The van der Waals surface area contributed by atoms with Crippen molar-refractivity contribution in [3.63, 3.8) is 0 Å². The Balaban J connectivity index is 1.47. The summed E-state index contributed by atoms with van der Waals surface area (Å²) >= 11 is 0. The molecular formula is C19H15FN2O. The zero-order valence-electron chi connectivity index (χ0n) is 12.5. The van der Waals surface area contributed by atoms with Gasteiger partial charge in [0.2, 0.25) is 0 Å². The van der Waals surface area contributed by atoms with Gasteiger partial charge in [-0.25, -0.2) is 9.37 Å². The Kier molecular flexibility index (Phi) is 3.34. The van der Waals surface area contributed by atoms with Crippen LogP contribution in [0.4, 0.5) is 4.39 Å². The second-order valence-electron chi connectivity index (χ2n) is 6.16. The van der Waals surface area contributed by atoms with Gasteiger partial charge in [0.1, 0.15) is 11.5 Å². The van der Waals surface area contributed by atoms with Crippen molar-refractivity contribution in [3.05, 3.63) is 65.2 Å². The van der Waals surface area contributed by atoms with Gasteiger partial charge in [0, 0.05) is 30.4 Å². The molecule has 4 rings (SSSR count). The lowest BCUT2D eigenvalue weighted by atomic mass is 10.2. The summed E-state index contributed by atoms with van der Waals surface area (Å²) in [5.41, 5.74) is 1.78. The van der Waals surface area contributed by atoms with E-state index < -0.39 is 0 Å². The largest absolute Gasteiger partial charge is 0.337 e. The lowest BCUT2D eigenvalue weighted by Crippen LogP contribution is -2.30. The molecule has 1 aliphatic heterocycles. The van der Waals surface area contributed by atoms with E-state index in [9.17, 15) is 9.18 Å². The van der Waals surface area contributed by atoms with E-state index in [4.69, 9.17) is 0 Å². The molecule has 0 unspecified atom stereocenters. The molecule has 4 heteroatoms. The summed E-state index contributed by atoms with van der Waals surface area (Å²) in [6.45, 7) is 1.73. The molecular weight excluding hydrogens is 291 g/mol. The van der Waals surface area contributed by atoms with E-state index in [0.29, 0.717) is 16.8 Å². The molecule has 1 amide bonds. The van der Waals surface area contributed by atoms with Gasteiger partial charge in [-0.2, -0.15) is 0 Å². The highest BCUT2D eigenvalue weighted by Crippen LogP contribution is 2.45. The van der Waals surface area contributed by atoms with E-state index in [2.05, 4.69) is 16.8 Å². The van der Waals surface area contributed by atoms with Crippen molar-refractivity contribution in [2.45, 2.75) is 6.42 Å². The zero-order valence-corrected chi connectivity index (χ0v) is 12.5. The van der Waals surface area contributed by atoms with Crippen LogP contribution in [0.3, 0.4) is 0 Å². The molecule has 2 heterocycles. The number of fused-ring (bicyclic) bond motifs is 1. The zero-order chi connectivity index (χ0) is 15.8. The molecule has 2 aliphatic rings. The van der Waals surface area contributed by atoms with Crippen LogP contribution in [0.15, 0.2) is 42.6 Å². The van der Waals surface area contributed by atoms with E-state index in [1.165, 1.54) is 18.6 Å². The first kappa shape index (κ1) is 14.0. The Morgan fingerprint density at radius 2 is 1.91 bits per heavy atom. The van der Waals surface area contributed by atoms with Gasteiger partial charge >= 0.3 is 0 Å². The summed E-state index contributed by atoms with van der Waals surface area (Å²) in [4.78, 5) is 18.4. The number of carbonyl (C=O) groups excluding carboxylic acids is 1. The summed E-state index contributed by atoms with van der Waals surface area (Å²) in [6, 6.07) is 9.64. The molecule has 23 heavy (non-hydrogen) atoms. The Morgan fingerprint density at radius 3 is 2.61 bits per heavy atom. The van der Waals surface area contributed by atoms with Crippen LogP contribution in [0.2, 0.25) is 0 Å². The van der Waals surface area contributed by atoms with E-state index in [1.807, 2.05) is 4.90 Å². The molecule has 2 atom stereocenters. The number of halogens is 1. The smallest absolute Gasteiger partial charge is 0.272 e. The summed E-state index contributed by atoms with van der Waals surface area (Å²) in [5.74, 6) is 6.96. The first-order valence-corrected chi connectivity index (χ1v) is 7.72. The predicted octanol–water partition coefficient (Wildman–Crippen LogP) is 2.71. The highest BCUT2D eigenvalue weighted by Gasteiger charge is 2.46. The maximum Gasteiger partial charge on any atom is 0.272 e. The number of piperidine rings is 1. The van der Waals surface area contributed by atoms with Crippen LogP contribution >= 0.6 is 0 Å². The third kappa shape index (κ3) is 2.95. The van der Waals surface area contributed by atoms with Gasteiger partial charge in [0.25, 0.3) is 5.91 Å². The number of hydrogen-bond donors (Lipinski definition) is 0. The van der Waals surface area contributed by atoms with Crippen molar-refractivity contribution in [2.75, 3.05) is 13.1 Å². The number of likely N-dealkylation sites (tertiary alicyclic amines) is 1. The molecule has 0 radical (unpaired) electrons. The van der Waals surface area contributed by atoms with Crippen molar-refractivity contribution in [1.82, 2.24) is 9.88 Å². The van der Waals surface area contributed by atoms with Gasteiger partial charge in [-0.05, 0) is 48.6 Å². The van der Waals surface area contributed by atoms with Crippen LogP contribution in [0.1, 0.15) is 28.0 Å². The number of carbonyl (C=O) groups is 1. The fourth-order valence-electron chi connectivity index (χ4n) is 3.03. The lowest BCUT2D eigenvalue weighted by molar-refractivity contribution is 0.0769. The standard InChI is InChI=1S/C19H15FN2O/c20-17-3-1-2-13(8-17)4-5-14-6-7-18(21-10-14)19(23)22-11-15-9-16(15)12-22/h1-3,6-8,10,15-16H,9,11-12H2/t15-,16+. The van der Waals surface area contributed by atoms with Crippen molar-refractivity contribution >= 4 is 5.91 Å². The molecule has 2 fully saturated rings. The average Bonchev–Trinajstić information content (AvgIpc) is 3.18. The van der Waals surface area contributed by atoms with Gasteiger partial charge in [-0.15, -0.1) is 0 Å². The van der Waals surface area contributed by atoms with Crippen LogP contribution < -0.4 is 0 Å². The summed E-state index contributed by atoms with van der Waals surface area (Å²) in [7, 11) is 0. The van der Waals surface area contributed by atoms with Crippen LogP contribution in [-0.2, 0) is 0 Å². The van der Waals surface area contributed by atoms with Crippen molar-refractivity contribution in [3.8, 4) is 11.8 Å². The van der Waals surface area contributed by atoms with Gasteiger partial charge in [0.15, 0.2) is 0 Å². The van der Waals surface area contributed by atoms with Crippen molar-refractivity contribution < 1.29 is 9.18 Å². The molecule has 114 valence electrons. The molecule has 1 aromatic carbocycles. The minimum absolute atomic E-state index is 0.00170.